The summed E-state index contributed by atoms with van der Waals surface area (Å²) in [5.41, 5.74) is 2.57. The van der Waals surface area contributed by atoms with Crippen molar-refractivity contribution < 1.29 is 9.59 Å². The summed E-state index contributed by atoms with van der Waals surface area (Å²) in [5, 5.41) is 15.3. The molecule has 0 radical (unpaired) electrons. The van der Waals surface area contributed by atoms with Crippen molar-refractivity contribution in [1.29, 1.82) is 0 Å². The van der Waals surface area contributed by atoms with E-state index in [0.717, 1.165) is 35.7 Å². The molecular weight excluding hydrogens is 368 g/mol. The third-order valence-corrected chi connectivity index (χ3v) is 4.78. The van der Waals surface area contributed by atoms with Crippen molar-refractivity contribution in [2.45, 2.75) is 32.7 Å². The van der Waals surface area contributed by atoms with E-state index in [2.05, 4.69) is 20.6 Å². The predicted molar refractivity (Wildman–Crippen MR) is 109 cm³/mol. The molecule has 0 atom stereocenters. The van der Waals surface area contributed by atoms with E-state index in [0.29, 0.717) is 12.4 Å². The molecule has 3 aromatic rings. The smallest absolute Gasteiger partial charge is 0.228 e. The Morgan fingerprint density at radius 2 is 1.86 bits per heavy atom. The number of fused-ring (bicyclic) bond motifs is 1. The molecule has 4 rings (SSSR count). The lowest BCUT2D eigenvalue weighted by Crippen LogP contribution is -2.37. The van der Waals surface area contributed by atoms with Crippen LogP contribution in [-0.4, -0.2) is 38.3 Å². The lowest BCUT2D eigenvalue weighted by molar-refractivity contribution is -0.122. The van der Waals surface area contributed by atoms with Crippen molar-refractivity contribution >= 4 is 23.5 Å². The molecule has 2 aromatic heterocycles. The van der Waals surface area contributed by atoms with E-state index in [9.17, 15) is 9.59 Å². The molecule has 0 unspecified atom stereocenters. The summed E-state index contributed by atoms with van der Waals surface area (Å²) in [6, 6.07) is 15.1. The fourth-order valence-corrected chi connectivity index (χ4v) is 3.38. The molecule has 29 heavy (non-hydrogen) atoms. The highest BCUT2D eigenvalue weighted by atomic mass is 16.2. The molecule has 2 amide bonds. The van der Waals surface area contributed by atoms with Crippen molar-refractivity contribution in [3.63, 3.8) is 0 Å². The van der Waals surface area contributed by atoms with Gasteiger partial charge in [0.25, 0.3) is 0 Å². The molecular formula is C21H22N6O2. The first-order valence-electron chi connectivity index (χ1n) is 9.64. The summed E-state index contributed by atoms with van der Waals surface area (Å²) in [7, 11) is 0. The summed E-state index contributed by atoms with van der Waals surface area (Å²) >= 11 is 0. The number of aryl methyl sites for hydroxylation is 2. The van der Waals surface area contributed by atoms with Gasteiger partial charge in [-0.1, -0.05) is 30.3 Å². The second kappa shape index (κ2) is 8.22. The Morgan fingerprint density at radius 1 is 1.03 bits per heavy atom. The number of anilines is 2. The minimum Gasteiger partial charge on any atom is -0.309 e. The Hall–Kier alpha value is -3.55. The van der Waals surface area contributed by atoms with Crippen LogP contribution in [0.1, 0.15) is 25.0 Å². The fourth-order valence-electron chi connectivity index (χ4n) is 3.38. The van der Waals surface area contributed by atoms with E-state index < -0.39 is 0 Å². The van der Waals surface area contributed by atoms with Gasteiger partial charge in [0.05, 0.1) is 11.4 Å². The normalized spacial score (nSPS) is 13.1. The van der Waals surface area contributed by atoms with E-state index >= 15 is 0 Å². The van der Waals surface area contributed by atoms with Crippen LogP contribution in [0, 0.1) is 6.92 Å². The van der Waals surface area contributed by atoms with Crippen LogP contribution in [0.4, 0.5) is 11.6 Å². The first-order chi connectivity index (χ1) is 14.1. The number of rotatable bonds is 5. The molecule has 8 heteroatoms. The van der Waals surface area contributed by atoms with Gasteiger partial charge in [0.1, 0.15) is 5.82 Å². The number of aromatic nitrogens is 4. The number of carbonyl (C=O) groups excluding carboxylic acids is 2. The highest BCUT2D eigenvalue weighted by molar-refractivity contribution is 5.97. The Balaban J connectivity index is 1.32. The molecule has 1 aliphatic heterocycles. The summed E-state index contributed by atoms with van der Waals surface area (Å²) in [6.45, 7) is 3.37. The van der Waals surface area contributed by atoms with Gasteiger partial charge in [-0.15, -0.1) is 10.2 Å². The Kier molecular flexibility index (Phi) is 5.33. The zero-order valence-corrected chi connectivity index (χ0v) is 16.2. The number of hydrogen-bond acceptors (Lipinski definition) is 5. The van der Waals surface area contributed by atoms with Gasteiger partial charge in [-0.05, 0) is 25.5 Å². The molecule has 0 spiro atoms. The highest BCUT2D eigenvalue weighted by Crippen LogP contribution is 2.22. The quantitative estimate of drug-likeness (QED) is 0.723. The van der Waals surface area contributed by atoms with Crippen LogP contribution < -0.4 is 10.2 Å². The number of carbonyl (C=O) groups is 2. The number of hydrogen-bond donors (Lipinski definition) is 1. The van der Waals surface area contributed by atoms with Crippen molar-refractivity contribution in [3.8, 4) is 11.3 Å². The standard InChI is InChI=1S/C21H22N6O2/c1-15-14-20-26(12-5-13-27(20)25-15)21(29)11-10-19(28)22-18-9-8-17(23-24-18)16-6-3-2-4-7-16/h2-4,6-9,14H,5,10-13H2,1H3,(H,22,24,28). The van der Waals surface area contributed by atoms with Crippen LogP contribution in [0.3, 0.4) is 0 Å². The maximum Gasteiger partial charge on any atom is 0.228 e. The van der Waals surface area contributed by atoms with E-state index in [1.54, 1.807) is 17.0 Å². The first kappa shape index (κ1) is 18.8. The van der Waals surface area contributed by atoms with Gasteiger partial charge in [-0.2, -0.15) is 5.10 Å². The van der Waals surface area contributed by atoms with Gasteiger partial charge < -0.3 is 5.32 Å². The van der Waals surface area contributed by atoms with E-state index in [1.807, 2.05) is 48.0 Å². The molecule has 3 heterocycles. The maximum absolute atomic E-state index is 12.6. The van der Waals surface area contributed by atoms with Crippen molar-refractivity contribution in [2.24, 2.45) is 0 Å². The van der Waals surface area contributed by atoms with Crippen LogP contribution in [0.25, 0.3) is 11.3 Å². The van der Waals surface area contributed by atoms with Crippen LogP contribution in [-0.2, 0) is 16.1 Å². The van der Waals surface area contributed by atoms with Crippen molar-refractivity contribution in [2.75, 3.05) is 16.8 Å². The molecule has 0 aliphatic carbocycles. The van der Waals surface area contributed by atoms with Gasteiger partial charge in [0.15, 0.2) is 5.82 Å². The van der Waals surface area contributed by atoms with Crippen LogP contribution >= 0.6 is 0 Å². The average molecular weight is 390 g/mol. The highest BCUT2D eigenvalue weighted by Gasteiger charge is 2.24. The van der Waals surface area contributed by atoms with Gasteiger partial charge >= 0.3 is 0 Å². The van der Waals surface area contributed by atoms with E-state index in [-0.39, 0.29) is 24.7 Å². The molecule has 0 fully saturated rings. The third-order valence-electron chi connectivity index (χ3n) is 4.78. The van der Waals surface area contributed by atoms with Crippen molar-refractivity contribution in [1.82, 2.24) is 20.0 Å². The molecule has 0 saturated heterocycles. The second-order valence-electron chi connectivity index (χ2n) is 6.98. The van der Waals surface area contributed by atoms with E-state index in [1.165, 1.54) is 0 Å². The monoisotopic (exact) mass is 390 g/mol. The predicted octanol–water partition coefficient (Wildman–Crippen LogP) is 2.80. The van der Waals surface area contributed by atoms with Gasteiger partial charge in [0.2, 0.25) is 11.8 Å². The van der Waals surface area contributed by atoms with Gasteiger partial charge in [-0.3, -0.25) is 14.5 Å². The topological polar surface area (TPSA) is 93.0 Å². The van der Waals surface area contributed by atoms with Gasteiger partial charge in [0, 0.05) is 37.6 Å². The molecule has 0 saturated carbocycles. The number of benzene rings is 1. The lowest BCUT2D eigenvalue weighted by atomic mass is 10.1. The summed E-state index contributed by atoms with van der Waals surface area (Å²) in [6.07, 6.45) is 1.07. The zero-order chi connectivity index (χ0) is 20.2. The lowest BCUT2D eigenvalue weighted by Gasteiger charge is -2.27. The van der Waals surface area contributed by atoms with Crippen LogP contribution in [0.2, 0.25) is 0 Å². The SMILES string of the molecule is Cc1cc2n(n1)CCCN2C(=O)CCC(=O)Nc1ccc(-c2ccccc2)nn1. The summed E-state index contributed by atoms with van der Waals surface area (Å²) in [5.74, 6) is 0.837. The molecule has 1 N–H and O–H groups in total. The minimum atomic E-state index is -0.262. The Labute approximate surface area is 168 Å². The second-order valence-corrected chi connectivity index (χ2v) is 6.98. The van der Waals surface area contributed by atoms with Gasteiger partial charge in [-0.25, -0.2) is 4.68 Å². The zero-order valence-electron chi connectivity index (χ0n) is 16.2. The third kappa shape index (κ3) is 4.31. The Morgan fingerprint density at radius 3 is 2.62 bits per heavy atom. The summed E-state index contributed by atoms with van der Waals surface area (Å²) < 4.78 is 1.85. The van der Waals surface area contributed by atoms with Crippen molar-refractivity contribution in [3.05, 3.63) is 54.2 Å². The molecule has 1 aromatic carbocycles. The summed E-state index contributed by atoms with van der Waals surface area (Å²) in [4.78, 5) is 26.6. The molecule has 148 valence electrons. The minimum absolute atomic E-state index is 0.0773. The van der Waals surface area contributed by atoms with E-state index in [4.69, 9.17) is 0 Å². The van der Waals surface area contributed by atoms with Crippen LogP contribution in [0.5, 0.6) is 0 Å². The molecule has 0 bridgehead atoms. The number of nitrogens with one attached hydrogen (secondary N) is 1. The largest absolute Gasteiger partial charge is 0.309 e. The van der Waals surface area contributed by atoms with Crippen LogP contribution in [0.15, 0.2) is 48.5 Å². The molecule has 8 nitrogen and oxygen atoms in total. The number of nitrogens with zero attached hydrogens (tertiary/aromatic N) is 5. The maximum atomic E-state index is 12.6. The Bertz CT molecular complexity index is 1010. The number of amides is 2. The molecule has 1 aliphatic rings. The average Bonchev–Trinajstić information content (AvgIpc) is 3.13. The fraction of sp³-hybridized carbons (Fsp3) is 0.286. The first-order valence-corrected chi connectivity index (χ1v) is 9.64.